The van der Waals surface area contributed by atoms with Gasteiger partial charge in [0.05, 0.1) is 0 Å². The molecule has 0 aromatic heterocycles. The fourth-order valence-electron chi connectivity index (χ4n) is 2.75. The van der Waals surface area contributed by atoms with Crippen molar-refractivity contribution in [2.75, 3.05) is 26.2 Å². The highest BCUT2D eigenvalue weighted by molar-refractivity contribution is 4.93. The van der Waals surface area contributed by atoms with Gasteiger partial charge in [-0.05, 0) is 49.9 Å². The van der Waals surface area contributed by atoms with Gasteiger partial charge in [-0.2, -0.15) is 0 Å². The molecule has 2 fully saturated rings. The van der Waals surface area contributed by atoms with Crippen LogP contribution in [0.4, 0.5) is 0 Å². The first-order chi connectivity index (χ1) is 5.70. The van der Waals surface area contributed by atoms with Crippen molar-refractivity contribution >= 4 is 0 Å². The zero-order chi connectivity index (χ0) is 8.60. The second-order valence-electron chi connectivity index (χ2n) is 4.97. The first-order valence-electron chi connectivity index (χ1n) is 5.11. The first kappa shape index (κ1) is 8.52. The molecule has 12 heavy (non-hydrogen) atoms. The summed E-state index contributed by atoms with van der Waals surface area (Å²) in [7, 11) is 0. The molecule has 2 rings (SSSR count). The summed E-state index contributed by atoms with van der Waals surface area (Å²) in [5, 5.41) is 7.04. The molecule has 0 amide bonds. The van der Waals surface area contributed by atoms with Gasteiger partial charge < -0.3 is 10.6 Å². The van der Waals surface area contributed by atoms with Gasteiger partial charge in [0, 0.05) is 0 Å². The SMILES string of the molecule is CC1(C)CCNCC2CNCC21. The second kappa shape index (κ2) is 3.00. The first-order valence-corrected chi connectivity index (χ1v) is 5.11. The molecule has 0 aliphatic carbocycles. The average molecular weight is 168 g/mol. The minimum atomic E-state index is 0.539. The minimum Gasteiger partial charge on any atom is -0.316 e. The molecule has 2 heterocycles. The van der Waals surface area contributed by atoms with Gasteiger partial charge in [0.2, 0.25) is 0 Å². The van der Waals surface area contributed by atoms with Crippen molar-refractivity contribution in [2.24, 2.45) is 17.3 Å². The Hall–Kier alpha value is -0.0800. The van der Waals surface area contributed by atoms with Crippen LogP contribution in [0.3, 0.4) is 0 Å². The van der Waals surface area contributed by atoms with Crippen molar-refractivity contribution in [1.29, 1.82) is 0 Å². The van der Waals surface area contributed by atoms with E-state index in [1.54, 1.807) is 0 Å². The van der Waals surface area contributed by atoms with Crippen LogP contribution in [0, 0.1) is 17.3 Å². The number of hydrogen-bond donors (Lipinski definition) is 2. The number of fused-ring (bicyclic) bond motifs is 1. The van der Waals surface area contributed by atoms with Crippen molar-refractivity contribution < 1.29 is 0 Å². The van der Waals surface area contributed by atoms with Gasteiger partial charge >= 0.3 is 0 Å². The van der Waals surface area contributed by atoms with Gasteiger partial charge in [0.15, 0.2) is 0 Å². The minimum absolute atomic E-state index is 0.539. The molecule has 0 aromatic rings. The van der Waals surface area contributed by atoms with E-state index in [1.807, 2.05) is 0 Å². The second-order valence-corrected chi connectivity index (χ2v) is 4.97. The van der Waals surface area contributed by atoms with Crippen LogP contribution < -0.4 is 10.6 Å². The van der Waals surface area contributed by atoms with Gasteiger partial charge in [-0.15, -0.1) is 0 Å². The Balaban J connectivity index is 2.13. The van der Waals surface area contributed by atoms with Gasteiger partial charge in [-0.3, -0.25) is 0 Å². The van der Waals surface area contributed by atoms with E-state index in [0.717, 1.165) is 11.8 Å². The third-order valence-corrected chi connectivity index (χ3v) is 3.70. The molecule has 0 bridgehead atoms. The van der Waals surface area contributed by atoms with E-state index < -0.39 is 0 Å². The maximum atomic E-state index is 3.53. The Morgan fingerprint density at radius 3 is 2.67 bits per heavy atom. The van der Waals surface area contributed by atoms with Crippen LogP contribution in [0.15, 0.2) is 0 Å². The number of rotatable bonds is 0. The lowest BCUT2D eigenvalue weighted by Gasteiger charge is -2.32. The fourth-order valence-corrected chi connectivity index (χ4v) is 2.75. The lowest BCUT2D eigenvalue weighted by molar-refractivity contribution is 0.189. The van der Waals surface area contributed by atoms with Crippen molar-refractivity contribution in [1.82, 2.24) is 10.6 Å². The molecule has 2 heteroatoms. The molecule has 2 aliphatic rings. The molecule has 0 radical (unpaired) electrons. The summed E-state index contributed by atoms with van der Waals surface area (Å²) in [6.07, 6.45) is 1.33. The Morgan fingerprint density at radius 1 is 1.08 bits per heavy atom. The monoisotopic (exact) mass is 168 g/mol. The lowest BCUT2D eigenvalue weighted by Crippen LogP contribution is -2.30. The van der Waals surface area contributed by atoms with Crippen LogP contribution in [-0.4, -0.2) is 26.2 Å². The van der Waals surface area contributed by atoms with Crippen LogP contribution in [-0.2, 0) is 0 Å². The van der Waals surface area contributed by atoms with E-state index in [-0.39, 0.29) is 0 Å². The molecule has 0 spiro atoms. The maximum absolute atomic E-state index is 3.53. The van der Waals surface area contributed by atoms with Crippen LogP contribution in [0.2, 0.25) is 0 Å². The third kappa shape index (κ3) is 1.38. The van der Waals surface area contributed by atoms with Crippen LogP contribution in [0.5, 0.6) is 0 Å². The van der Waals surface area contributed by atoms with E-state index in [9.17, 15) is 0 Å². The highest BCUT2D eigenvalue weighted by Crippen LogP contribution is 2.38. The summed E-state index contributed by atoms with van der Waals surface area (Å²) in [5.41, 5.74) is 0.539. The third-order valence-electron chi connectivity index (χ3n) is 3.70. The molecule has 0 aromatic carbocycles. The van der Waals surface area contributed by atoms with Crippen molar-refractivity contribution in [3.63, 3.8) is 0 Å². The van der Waals surface area contributed by atoms with Gasteiger partial charge in [0.25, 0.3) is 0 Å². The normalized spacial score (nSPS) is 40.5. The molecule has 2 nitrogen and oxygen atoms in total. The topological polar surface area (TPSA) is 24.1 Å². The van der Waals surface area contributed by atoms with Gasteiger partial charge in [-0.1, -0.05) is 13.8 Å². The van der Waals surface area contributed by atoms with E-state index in [0.29, 0.717) is 5.41 Å². The Labute approximate surface area is 75.1 Å². The molecular weight excluding hydrogens is 148 g/mol. The molecule has 2 aliphatic heterocycles. The van der Waals surface area contributed by atoms with E-state index in [1.165, 1.54) is 32.6 Å². The van der Waals surface area contributed by atoms with Crippen LogP contribution in [0.25, 0.3) is 0 Å². The highest BCUT2D eigenvalue weighted by Gasteiger charge is 2.39. The van der Waals surface area contributed by atoms with Gasteiger partial charge in [0.1, 0.15) is 0 Å². The summed E-state index contributed by atoms with van der Waals surface area (Å²) in [5.74, 6) is 1.77. The zero-order valence-electron chi connectivity index (χ0n) is 8.19. The number of hydrogen-bond acceptors (Lipinski definition) is 2. The molecule has 2 saturated heterocycles. The summed E-state index contributed by atoms with van der Waals surface area (Å²) in [6, 6.07) is 0. The average Bonchev–Trinajstić information content (AvgIpc) is 2.42. The quantitative estimate of drug-likeness (QED) is 0.560. The molecular formula is C10H20N2. The lowest BCUT2D eigenvalue weighted by atomic mass is 9.72. The smallest absolute Gasteiger partial charge is 0.000491 e. The summed E-state index contributed by atoms with van der Waals surface area (Å²) in [6.45, 7) is 9.73. The maximum Gasteiger partial charge on any atom is -0.000491 e. The van der Waals surface area contributed by atoms with Crippen LogP contribution in [0.1, 0.15) is 20.3 Å². The summed E-state index contributed by atoms with van der Waals surface area (Å²) >= 11 is 0. The summed E-state index contributed by atoms with van der Waals surface area (Å²) < 4.78 is 0. The molecule has 0 saturated carbocycles. The van der Waals surface area contributed by atoms with E-state index >= 15 is 0 Å². The predicted octanol–water partition coefficient (Wildman–Crippen LogP) is 0.842. The van der Waals surface area contributed by atoms with E-state index in [4.69, 9.17) is 0 Å². The fraction of sp³-hybridized carbons (Fsp3) is 1.00. The Kier molecular flexibility index (Phi) is 2.13. The molecule has 2 atom stereocenters. The number of nitrogens with one attached hydrogen (secondary N) is 2. The zero-order valence-corrected chi connectivity index (χ0v) is 8.19. The van der Waals surface area contributed by atoms with Gasteiger partial charge in [-0.25, -0.2) is 0 Å². The van der Waals surface area contributed by atoms with E-state index in [2.05, 4.69) is 24.5 Å². The highest BCUT2D eigenvalue weighted by atomic mass is 15.0. The molecule has 2 unspecified atom stereocenters. The van der Waals surface area contributed by atoms with Crippen molar-refractivity contribution in [3.05, 3.63) is 0 Å². The predicted molar refractivity (Wildman–Crippen MR) is 51.1 cm³/mol. The molecule has 70 valence electrons. The van der Waals surface area contributed by atoms with Crippen molar-refractivity contribution in [3.8, 4) is 0 Å². The van der Waals surface area contributed by atoms with Crippen LogP contribution >= 0.6 is 0 Å². The van der Waals surface area contributed by atoms with Crippen molar-refractivity contribution in [2.45, 2.75) is 20.3 Å². The standard InChI is InChI=1S/C10H20N2/c1-10(2)3-4-11-5-8-6-12-7-9(8)10/h8-9,11-12H,3-7H2,1-2H3. The Morgan fingerprint density at radius 2 is 1.83 bits per heavy atom. The largest absolute Gasteiger partial charge is 0.316 e. The molecule has 2 N–H and O–H groups in total. The summed E-state index contributed by atoms with van der Waals surface area (Å²) in [4.78, 5) is 0. The Bertz CT molecular complexity index is 165.